The molecule has 0 unspecified atom stereocenters. The summed E-state index contributed by atoms with van der Waals surface area (Å²) in [5.41, 5.74) is 7.50. The van der Waals surface area contributed by atoms with Gasteiger partial charge in [0.05, 0.1) is 10.6 Å². The first kappa shape index (κ1) is 16.2. The molecule has 0 amide bonds. The number of rotatable bonds is 5. The minimum atomic E-state index is -3.27. The highest BCUT2D eigenvalue weighted by Gasteiger charge is 2.14. The van der Waals surface area contributed by atoms with Crippen molar-refractivity contribution in [1.29, 1.82) is 0 Å². The fraction of sp³-hybridized carbons (Fsp3) is 0.200. The molecule has 6 heteroatoms. The van der Waals surface area contributed by atoms with Crippen LogP contribution in [0, 0.1) is 6.92 Å². The number of thioether (sulfide) groups is 1. The van der Waals surface area contributed by atoms with Crippen LogP contribution >= 0.6 is 23.4 Å². The molecule has 0 aliphatic heterocycles. The zero-order valence-corrected chi connectivity index (χ0v) is 13.9. The van der Waals surface area contributed by atoms with Gasteiger partial charge in [0.1, 0.15) is 0 Å². The summed E-state index contributed by atoms with van der Waals surface area (Å²) in [5.74, 6) is 0.580. The van der Waals surface area contributed by atoms with Crippen molar-refractivity contribution in [3.63, 3.8) is 0 Å². The Kier molecular flexibility index (Phi) is 5.19. The number of benzene rings is 2. The van der Waals surface area contributed by atoms with Gasteiger partial charge in [-0.25, -0.2) is 8.42 Å². The smallest absolute Gasteiger partial charge is 0.179 e. The average Bonchev–Trinajstić information content (AvgIpc) is 2.43. The van der Waals surface area contributed by atoms with E-state index in [4.69, 9.17) is 17.3 Å². The van der Waals surface area contributed by atoms with Crippen LogP contribution in [0.5, 0.6) is 0 Å². The monoisotopic (exact) mass is 341 g/mol. The Hall–Kier alpha value is -1.17. The first-order valence-corrected chi connectivity index (χ1v) is 9.37. The van der Waals surface area contributed by atoms with Gasteiger partial charge >= 0.3 is 0 Å². The van der Waals surface area contributed by atoms with Gasteiger partial charge in [-0.2, -0.15) is 0 Å². The van der Waals surface area contributed by atoms with Crippen LogP contribution in [0.3, 0.4) is 0 Å². The third-order valence-electron chi connectivity index (χ3n) is 3.03. The standard InChI is InChI=1S/C15H16ClNO2S2/c1-11-10-13(4-7-15(11)17)20-8-9-21(18,19)14-5-2-12(16)3-6-14/h2-7,10H,8-9,17H2,1H3. The Morgan fingerprint density at radius 1 is 1.14 bits per heavy atom. The highest BCUT2D eigenvalue weighted by atomic mass is 35.5. The zero-order chi connectivity index (χ0) is 15.5. The van der Waals surface area contributed by atoms with Gasteiger partial charge in [0.15, 0.2) is 9.84 Å². The fourth-order valence-electron chi connectivity index (χ4n) is 1.77. The summed E-state index contributed by atoms with van der Waals surface area (Å²) < 4.78 is 24.4. The molecule has 2 aromatic carbocycles. The normalized spacial score (nSPS) is 11.5. The SMILES string of the molecule is Cc1cc(SCCS(=O)(=O)c2ccc(Cl)cc2)ccc1N. The lowest BCUT2D eigenvalue weighted by molar-refractivity contribution is 0.597. The Bertz CT molecular complexity index is 728. The fourth-order valence-corrected chi connectivity index (χ4v) is 4.55. The first-order chi connectivity index (χ1) is 9.88. The van der Waals surface area contributed by atoms with E-state index in [0.717, 1.165) is 16.1 Å². The molecule has 3 nitrogen and oxygen atoms in total. The largest absolute Gasteiger partial charge is 0.399 e. The molecular formula is C15H16ClNO2S2. The van der Waals surface area contributed by atoms with E-state index < -0.39 is 9.84 Å². The van der Waals surface area contributed by atoms with Gasteiger partial charge in [0, 0.05) is 21.4 Å². The van der Waals surface area contributed by atoms with E-state index in [1.54, 1.807) is 12.1 Å². The minimum absolute atomic E-state index is 0.0860. The quantitative estimate of drug-likeness (QED) is 0.663. The number of anilines is 1. The molecule has 0 fully saturated rings. The molecule has 0 aliphatic rings. The van der Waals surface area contributed by atoms with Crippen LogP contribution < -0.4 is 5.73 Å². The molecule has 21 heavy (non-hydrogen) atoms. The van der Waals surface area contributed by atoms with Gasteiger partial charge in [-0.05, 0) is 55.0 Å². The molecule has 0 atom stereocenters. The number of hydrogen-bond acceptors (Lipinski definition) is 4. The van der Waals surface area contributed by atoms with Crippen molar-refractivity contribution >= 4 is 38.9 Å². The van der Waals surface area contributed by atoms with Gasteiger partial charge in [-0.3, -0.25) is 0 Å². The lowest BCUT2D eigenvalue weighted by atomic mass is 10.2. The Balaban J connectivity index is 1.98. The maximum Gasteiger partial charge on any atom is 0.179 e. The van der Waals surface area contributed by atoms with E-state index in [-0.39, 0.29) is 5.75 Å². The van der Waals surface area contributed by atoms with Gasteiger partial charge in [0.25, 0.3) is 0 Å². The molecule has 0 aromatic heterocycles. The maximum atomic E-state index is 12.2. The number of sulfone groups is 1. The molecule has 0 aliphatic carbocycles. The highest BCUT2D eigenvalue weighted by molar-refractivity contribution is 8.00. The second kappa shape index (κ2) is 6.73. The van der Waals surface area contributed by atoms with Crippen LogP contribution in [0.4, 0.5) is 5.69 Å². The lowest BCUT2D eigenvalue weighted by Gasteiger charge is -2.06. The number of nitrogens with two attached hydrogens (primary N) is 1. The molecule has 2 aromatic rings. The number of aryl methyl sites for hydroxylation is 1. The summed E-state index contributed by atoms with van der Waals surface area (Å²) in [6.07, 6.45) is 0. The van der Waals surface area contributed by atoms with Gasteiger partial charge in [0.2, 0.25) is 0 Å². The van der Waals surface area contributed by atoms with Crippen molar-refractivity contribution in [3.05, 3.63) is 53.1 Å². The Morgan fingerprint density at radius 2 is 1.81 bits per heavy atom. The van der Waals surface area contributed by atoms with Gasteiger partial charge in [-0.15, -0.1) is 11.8 Å². The molecular weight excluding hydrogens is 326 g/mol. The van der Waals surface area contributed by atoms with E-state index in [1.807, 2.05) is 25.1 Å². The third-order valence-corrected chi connectivity index (χ3v) is 6.27. The highest BCUT2D eigenvalue weighted by Crippen LogP contribution is 2.24. The van der Waals surface area contributed by atoms with Crippen molar-refractivity contribution in [1.82, 2.24) is 0 Å². The van der Waals surface area contributed by atoms with Crippen LogP contribution in [0.25, 0.3) is 0 Å². The van der Waals surface area contributed by atoms with Crippen molar-refractivity contribution in [2.75, 3.05) is 17.2 Å². The number of hydrogen-bond donors (Lipinski definition) is 1. The molecule has 0 heterocycles. The lowest BCUT2D eigenvalue weighted by Crippen LogP contribution is -2.08. The summed E-state index contributed by atoms with van der Waals surface area (Å²) in [6.45, 7) is 1.93. The summed E-state index contributed by atoms with van der Waals surface area (Å²) >= 11 is 7.27. The van der Waals surface area contributed by atoms with Crippen molar-refractivity contribution in [3.8, 4) is 0 Å². The summed E-state index contributed by atoms with van der Waals surface area (Å²) in [7, 11) is -3.27. The Morgan fingerprint density at radius 3 is 2.43 bits per heavy atom. The summed E-state index contributed by atoms with van der Waals surface area (Å²) in [5, 5.41) is 0.528. The van der Waals surface area contributed by atoms with Crippen LogP contribution in [-0.4, -0.2) is 19.9 Å². The van der Waals surface area contributed by atoms with Crippen LogP contribution in [0.2, 0.25) is 5.02 Å². The molecule has 0 saturated carbocycles. The summed E-state index contributed by atoms with van der Waals surface area (Å²) in [6, 6.07) is 12.0. The van der Waals surface area contributed by atoms with Gasteiger partial charge in [-0.1, -0.05) is 11.6 Å². The minimum Gasteiger partial charge on any atom is -0.399 e. The van der Waals surface area contributed by atoms with Crippen LogP contribution in [-0.2, 0) is 9.84 Å². The molecule has 0 saturated heterocycles. The second-order valence-electron chi connectivity index (χ2n) is 4.64. The third kappa shape index (κ3) is 4.40. The number of nitrogen functional groups attached to an aromatic ring is 1. The molecule has 112 valence electrons. The van der Waals surface area contributed by atoms with E-state index >= 15 is 0 Å². The zero-order valence-electron chi connectivity index (χ0n) is 11.5. The first-order valence-electron chi connectivity index (χ1n) is 6.36. The molecule has 0 radical (unpaired) electrons. The van der Waals surface area contributed by atoms with E-state index in [0.29, 0.717) is 15.7 Å². The summed E-state index contributed by atoms with van der Waals surface area (Å²) in [4.78, 5) is 1.33. The van der Waals surface area contributed by atoms with Crippen molar-refractivity contribution in [2.24, 2.45) is 0 Å². The van der Waals surface area contributed by atoms with E-state index in [2.05, 4.69) is 0 Å². The van der Waals surface area contributed by atoms with Gasteiger partial charge < -0.3 is 5.73 Å². The molecule has 0 bridgehead atoms. The topological polar surface area (TPSA) is 60.2 Å². The number of halogens is 1. The van der Waals surface area contributed by atoms with Crippen molar-refractivity contribution in [2.45, 2.75) is 16.7 Å². The molecule has 0 spiro atoms. The van der Waals surface area contributed by atoms with Crippen LogP contribution in [0.15, 0.2) is 52.3 Å². The predicted octanol–water partition coefficient (Wildman–Crippen LogP) is 3.80. The predicted molar refractivity (Wildman–Crippen MR) is 89.8 cm³/mol. The average molecular weight is 342 g/mol. The molecule has 2 rings (SSSR count). The second-order valence-corrected chi connectivity index (χ2v) is 8.35. The molecule has 2 N–H and O–H groups in total. The van der Waals surface area contributed by atoms with Crippen molar-refractivity contribution < 1.29 is 8.42 Å². The van der Waals surface area contributed by atoms with Crippen LogP contribution in [0.1, 0.15) is 5.56 Å². The maximum absolute atomic E-state index is 12.2. The van der Waals surface area contributed by atoms with E-state index in [9.17, 15) is 8.42 Å². The Labute approximate surface area is 134 Å². The van der Waals surface area contributed by atoms with E-state index in [1.165, 1.54) is 23.9 Å².